The summed E-state index contributed by atoms with van der Waals surface area (Å²) in [4.78, 5) is 13.7. The fourth-order valence-electron chi connectivity index (χ4n) is 4.23. The van der Waals surface area contributed by atoms with Gasteiger partial charge in [-0.05, 0) is 53.6 Å². The Hall–Kier alpha value is -4.45. The third-order valence-electron chi connectivity index (χ3n) is 5.88. The largest absolute Gasteiger partial charge is 0.497 e. The predicted octanol–water partition coefficient (Wildman–Crippen LogP) is 6.05. The Labute approximate surface area is 196 Å². The summed E-state index contributed by atoms with van der Waals surface area (Å²) in [6.45, 7) is 1.10. The molecule has 0 radical (unpaired) electrons. The Bertz CT molecular complexity index is 1530. The summed E-state index contributed by atoms with van der Waals surface area (Å²) in [6, 6.07) is 31.1. The van der Waals surface area contributed by atoms with Gasteiger partial charge < -0.3 is 24.8 Å². The first-order valence-electron chi connectivity index (χ1n) is 11.0. The van der Waals surface area contributed by atoms with Gasteiger partial charge in [0.2, 0.25) is 0 Å². The number of hydrogen-bond donors (Lipinski definition) is 2. The van der Waals surface area contributed by atoms with Gasteiger partial charge in [-0.1, -0.05) is 48.5 Å². The molecule has 4 aromatic carbocycles. The van der Waals surface area contributed by atoms with E-state index < -0.39 is 6.09 Å². The van der Waals surface area contributed by atoms with E-state index in [1.54, 1.807) is 19.2 Å². The molecule has 0 aliphatic carbocycles. The molecule has 6 heteroatoms. The zero-order valence-electron chi connectivity index (χ0n) is 18.8. The molecule has 0 unspecified atom stereocenters. The smallest absolute Gasteiger partial charge is 0.404 e. The van der Waals surface area contributed by atoms with E-state index in [1.165, 1.54) is 32.9 Å². The van der Waals surface area contributed by atoms with Gasteiger partial charge in [0.15, 0.2) is 0 Å². The topological polar surface area (TPSA) is 82.3 Å². The molecular formula is C28H25N3O3. The zero-order chi connectivity index (χ0) is 23.5. The summed E-state index contributed by atoms with van der Waals surface area (Å²) >= 11 is 0. The van der Waals surface area contributed by atoms with E-state index >= 15 is 0 Å². The fourth-order valence-corrected chi connectivity index (χ4v) is 4.23. The lowest BCUT2D eigenvalue weighted by Crippen LogP contribution is -2.12. The number of hydrogen-bond acceptors (Lipinski definition) is 3. The summed E-state index contributed by atoms with van der Waals surface area (Å²) in [5.41, 5.74) is 11.9. The van der Waals surface area contributed by atoms with Gasteiger partial charge in [0.1, 0.15) is 12.4 Å². The van der Waals surface area contributed by atoms with Crippen molar-refractivity contribution in [3.05, 3.63) is 102 Å². The molecule has 170 valence electrons. The number of ether oxygens (including phenoxy) is 2. The lowest BCUT2D eigenvalue weighted by Gasteiger charge is -2.07. The number of primary amides is 1. The summed E-state index contributed by atoms with van der Waals surface area (Å²) < 4.78 is 12.0. The Balaban J connectivity index is 0.000000161. The summed E-state index contributed by atoms with van der Waals surface area (Å²) in [7, 11) is 1.59. The van der Waals surface area contributed by atoms with Gasteiger partial charge in [-0.25, -0.2) is 4.79 Å². The molecule has 0 saturated carbocycles. The van der Waals surface area contributed by atoms with Crippen LogP contribution in [-0.2, 0) is 17.9 Å². The molecule has 1 amide bonds. The quantitative estimate of drug-likeness (QED) is 0.335. The molecular weight excluding hydrogens is 426 g/mol. The molecule has 0 fully saturated rings. The van der Waals surface area contributed by atoms with Crippen molar-refractivity contribution < 1.29 is 14.3 Å². The van der Waals surface area contributed by atoms with E-state index in [-0.39, 0.29) is 6.61 Å². The number of nitrogens with two attached hydrogens (primary N) is 1. The number of carbonyl (C=O) groups excluding carboxylic acids is 1. The van der Waals surface area contributed by atoms with E-state index in [2.05, 4.69) is 81.0 Å². The first kappa shape index (κ1) is 21.4. The zero-order valence-corrected chi connectivity index (χ0v) is 18.8. The number of methoxy groups -OCH3 is 1. The number of rotatable bonds is 5. The molecule has 34 heavy (non-hydrogen) atoms. The second kappa shape index (κ2) is 9.19. The van der Waals surface area contributed by atoms with Crippen molar-refractivity contribution in [2.24, 2.45) is 5.73 Å². The minimum atomic E-state index is -0.768. The van der Waals surface area contributed by atoms with Gasteiger partial charge in [0, 0.05) is 33.9 Å². The molecule has 5 bridgehead atoms. The first-order chi connectivity index (χ1) is 16.6. The number of aromatic nitrogens is 2. The monoisotopic (exact) mass is 451 g/mol. The fraction of sp³-hybridized carbons (Fsp3) is 0.107. The van der Waals surface area contributed by atoms with Gasteiger partial charge in [-0.15, -0.1) is 0 Å². The molecule has 0 aliphatic rings. The van der Waals surface area contributed by atoms with Crippen LogP contribution in [0.3, 0.4) is 0 Å². The van der Waals surface area contributed by atoms with Crippen LogP contribution in [0.2, 0.25) is 0 Å². The Morgan fingerprint density at radius 2 is 1.56 bits per heavy atom. The molecule has 0 saturated heterocycles. The van der Waals surface area contributed by atoms with Crippen LogP contribution >= 0.6 is 0 Å². The lowest BCUT2D eigenvalue weighted by atomic mass is 10.1. The number of nitrogens with zero attached hydrogens (tertiary/aromatic N) is 1. The maximum Gasteiger partial charge on any atom is 0.404 e. The summed E-state index contributed by atoms with van der Waals surface area (Å²) in [6.07, 6.45) is -0.768. The van der Waals surface area contributed by atoms with Crippen molar-refractivity contribution >= 4 is 38.9 Å². The van der Waals surface area contributed by atoms with Gasteiger partial charge >= 0.3 is 6.09 Å². The molecule has 0 aliphatic heterocycles. The highest BCUT2D eigenvalue weighted by Gasteiger charge is 2.12. The van der Waals surface area contributed by atoms with Crippen molar-refractivity contribution in [2.45, 2.75) is 13.2 Å². The second-order valence-corrected chi connectivity index (χ2v) is 8.12. The third-order valence-corrected chi connectivity index (χ3v) is 5.88. The molecule has 3 aromatic heterocycles. The number of nitrogens with one attached hydrogen (secondary N) is 1. The molecule has 7 rings (SSSR count). The SMILES string of the molecule is COc1ccc(COC(N)=O)cc1.c1ccc(Cn2c3ccc4cc3c3ccc(cc32)[nH]4)cc1. The molecule has 3 heterocycles. The third kappa shape index (κ3) is 4.38. The Kier molecular flexibility index (Phi) is 5.79. The van der Waals surface area contributed by atoms with Crippen LogP contribution in [-0.4, -0.2) is 22.8 Å². The van der Waals surface area contributed by atoms with Crippen LogP contribution in [0.15, 0.2) is 91.0 Å². The average Bonchev–Trinajstić information content (AvgIpc) is 3.19. The van der Waals surface area contributed by atoms with Gasteiger partial charge in [0.25, 0.3) is 0 Å². The normalized spacial score (nSPS) is 11.0. The van der Waals surface area contributed by atoms with Crippen LogP contribution in [0.1, 0.15) is 11.1 Å². The molecule has 3 N–H and O–H groups in total. The Morgan fingerprint density at radius 1 is 0.824 bits per heavy atom. The number of carbonyl (C=O) groups is 1. The molecule has 0 spiro atoms. The highest BCUT2D eigenvalue weighted by Crippen LogP contribution is 2.32. The van der Waals surface area contributed by atoms with Crippen molar-refractivity contribution in [3.63, 3.8) is 0 Å². The summed E-state index contributed by atoms with van der Waals surface area (Å²) in [5, 5.41) is 2.67. The van der Waals surface area contributed by atoms with Gasteiger partial charge in [-0.3, -0.25) is 0 Å². The van der Waals surface area contributed by atoms with Gasteiger partial charge in [-0.2, -0.15) is 0 Å². The highest BCUT2D eigenvalue weighted by molar-refractivity contribution is 6.11. The second-order valence-electron chi connectivity index (χ2n) is 8.12. The van der Waals surface area contributed by atoms with E-state index in [4.69, 9.17) is 10.5 Å². The summed E-state index contributed by atoms with van der Waals surface area (Å²) in [5.74, 6) is 0.767. The standard InChI is InChI=1S/C19H14N2.C9H11NO3/c1-2-4-13(5-3-1)12-21-18-9-7-14-10-17(18)16-8-6-15(20-14)11-19(16)21;1-12-8-4-2-7(3-5-8)6-13-9(10)11/h1-11,20H,12H2;2-5H,6H2,1H3,(H2,10,11). The van der Waals surface area contributed by atoms with Crippen LogP contribution in [0, 0.1) is 0 Å². The highest BCUT2D eigenvalue weighted by atomic mass is 16.5. The minimum Gasteiger partial charge on any atom is -0.497 e. The van der Waals surface area contributed by atoms with E-state index in [0.717, 1.165) is 23.4 Å². The van der Waals surface area contributed by atoms with Crippen molar-refractivity contribution in [1.29, 1.82) is 0 Å². The predicted molar refractivity (Wildman–Crippen MR) is 135 cm³/mol. The van der Waals surface area contributed by atoms with E-state index in [0.29, 0.717) is 0 Å². The number of aromatic amines is 1. The number of amides is 1. The first-order valence-corrected chi connectivity index (χ1v) is 11.0. The van der Waals surface area contributed by atoms with Crippen molar-refractivity contribution in [2.75, 3.05) is 7.11 Å². The number of benzene rings is 4. The Morgan fingerprint density at radius 3 is 2.29 bits per heavy atom. The van der Waals surface area contributed by atoms with Crippen molar-refractivity contribution in [3.8, 4) is 5.75 Å². The van der Waals surface area contributed by atoms with Crippen LogP contribution in [0.25, 0.3) is 32.8 Å². The molecule has 6 nitrogen and oxygen atoms in total. The molecule has 7 aromatic rings. The maximum absolute atomic E-state index is 10.3. The van der Waals surface area contributed by atoms with Crippen LogP contribution in [0.5, 0.6) is 5.75 Å². The van der Waals surface area contributed by atoms with Crippen molar-refractivity contribution in [1.82, 2.24) is 9.55 Å². The van der Waals surface area contributed by atoms with E-state index in [1.807, 2.05) is 12.1 Å². The van der Waals surface area contributed by atoms with Crippen LogP contribution in [0.4, 0.5) is 4.79 Å². The molecule has 0 atom stereocenters. The van der Waals surface area contributed by atoms with Crippen LogP contribution < -0.4 is 10.5 Å². The number of H-pyrrole nitrogens is 1. The van der Waals surface area contributed by atoms with E-state index in [9.17, 15) is 4.79 Å². The minimum absolute atomic E-state index is 0.194. The average molecular weight is 452 g/mol. The maximum atomic E-state index is 10.3. The van der Waals surface area contributed by atoms with Gasteiger partial charge in [0.05, 0.1) is 12.6 Å². The lowest BCUT2D eigenvalue weighted by molar-refractivity contribution is 0.150. The number of fused-ring (bicyclic) bond motifs is 1.